The number of carbonyl (C=O) groups excluding carboxylic acids is 2. The minimum Gasteiger partial charge on any atom is -0.348 e. The van der Waals surface area contributed by atoms with Gasteiger partial charge < -0.3 is 10.6 Å². The molecule has 0 atom stereocenters. The second-order valence-electron chi connectivity index (χ2n) is 7.16. The minimum atomic E-state index is -0.794. The third-order valence-corrected chi connectivity index (χ3v) is 4.33. The van der Waals surface area contributed by atoms with Crippen LogP contribution < -0.4 is 16.2 Å². The van der Waals surface area contributed by atoms with E-state index in [1.807, 2.05) is 13.8 Å². The Morgan fingerprint density at radius 1 is 1.26 bits per heavy atom. The van der Waals surface area contributed by atoms with Crippen LogP contribution in [0.1, 0.15) is 43.6 Å². The van der Waals surface area contributed by atoms with Crippen LogP contribution >= 0.6 is 0 Å². The van der Waals surface area contributed by atoms with Gasteiger partial charge in [0.2, 0.25) is 5.95 Å². The molecule has 27 heavy (non-hydrogen) atoms. The molecule has 2 aromatic rings. The van der Waals surface area contributed by atoms with Crippen LogP contribution in [-0.4, -0.2) is 38.1 Å². The molecule has 144 valence electrons. The van der Waals surface area contributed by atoms with Crippen LogP contribution in [0.3, 0.4) is 0 Å². The van der Waals surface area contributed by atoms with Crippen molar-refractivity contribution < 1.29 is 9.59 Å². The Labute approximate surface area is 156 Å². The van der Waals surface area contributed by atoms with Crippen molar-refractivity contribution in [2.45, 2.75) is 46.5 Å². The highest BCUT2D eigenvalue weighted by Crippen LogP contribution is 2.19. The van der Waals surface area contributed by atoms with E-state index in [-0.39, 0.29) is 23.2 Å². The van der Waals surface area contributed by atoms with E-state index in [0.717, 1.165) is 31.4 Å². The van der Waals surface area contributed by atoms with Gasteiger partial charge in [-0.2, -0.15) is 9.78 Å². The molecule has 3 N–H and O–H groups in total. The molecule has 0 spiro atoms. The van der Waals surface area contributed by atoms with E-state index in [9.17, 15) is 14.4 Å². The average molecular weight is 372 g/mol. The number of rotatable bonds is 4. The van der Waals surface area contributed by atoms with Crippen LogP contribution in [0, 0.1) is 12.8 Å². The fourth-order valence-corrected chi connectivity index (χ4v) is 2.99. The van der Waals surface area contributed by atoms with Gasteiger partial charge in [-0.05, 0) is 38.5 Å². The third-order valence-electron chi connectivity index (χ3n) is 4.33. The molecule has 0 fully saturated rings. The molecule has 9 nitrogen and oxygen atoms in total. The van der Waals surface area contributed by atoms with Crippen molar-refractivity contribution in [1.29, 1.82) is 0 Å². The number of nitrogens with one attached hydrogen (secondary N) is 3. The quantitative estimate of drug-likeness (QED) is 0.687. The fraction of sp³-hybridized carbons (Fsp3) is 0.500. The standard InChI is InChI=1S/C18H24N6O3/c1-10(2)9-19-16(26)17(27)21-14-8-11(3)23-24(14)18-20-13-7-5-4-6-12(13)15(25)22-18/h8,10H,4-7,9H2,1-3H3,(H,19,26)(H,21,27)(H,20,22,25). The van der Waals surface area contributed by atoms with Gasteiger partial charge in [0, 0.05) is 18.2 Å². The predicted molar refractivity (Wildman–Crippen MR) is 99.8 cm³/mol. The fourth-order valence-electron chi connectivity index (χ4n) is 2.99. The monoisotopic (exact) mass is 372 g/mol. The highest BCUT2D eigenvalue weighted by Gasteiger charge is 2.20. The molecule has 2 heterocycles. The summed E-state index contributed by atoms with van der Waals surface area (Å²) >= 11 is 0. The van der Waals surface area contributed by atoms with Gasteiger partial charge >= 0.3 is 11.8 Å². The highest BCUT2D eigenvalue weighted by molar-refractivity contribution is 6.39. The van der Waals surface area contributed by atoms with Gasteiger partial charge in [-0.1, -0.05) is 13.8 Å². The number of H-pyrrole nitrogens is 1. The first-order valence-electron chi connectivity index (χ1n) is 9.13. The summed E-state index contributed by atoms with van der Waals surface area (Å²) in [6.07, 6.45) is 3.42. The molecule has 0 bridgehead atoms. The van der Waals surface area contributed by atoms with Gasteiger partial charge in [-0.3, -0.25) is 19.4 Å². The van der Waals surface area contributed by atoms with Crippen LogP contribution in [-0.2, 0) is 22.4 Å². The lowest BCUT2D eigenvalue weighted by Crippen LogP contribution is -2.37. The summed E-state index contributed by atoms with van der Waals surface area (Å²) in [5, 5.41) is 9.40. The summed E-state index contributed by atoms with van der Waals surface area (Å²) in [6, 6.07) is 1.62. The summed E-state index contributed by atoms with van der Waals surface area (Å²) in [5.41, 5.74) is 1.91. The van der Waals surface area contributed by atoms with Crippen molar-refractivity contribution in [3.05, 3.63) is 33.4 Å². The van der Waals surface area contributed by atoms with Crippen LogP contribution in [0.2, 0.25) is 0 Å². The molecule has 0 unspecified atom stereocenters. The van der Waals surface area contributed by atoms with Gasteiger partial charge in [0.1, 0.15) is 5.82 Å². The topological polar surface area (TPSA) is 122 Å². The molecule has 3 rings (SSSR count). The first-order chi connectivity index (χ1) is 12.8. The zero-order chi connectivity index (χ0) is 19.6. The number of nitrogens with zero attached hydrogens (tertiary/aromatic N) is 3. The molecule has 2 amide bonds. The molecular formula is C18H24N6O3. The van der Waals surface area contributed by atoms with Crippen LogP contribution in [0.25, 0.3) is 5.95 Å². The Balaban J connectivity index is 1.86. The molecule has 0 saturated heterocycles. The van der Waals surface area contributed by atoms with Gasteiger partial charge in [-0.25, -0.2) is 4.98 Å². The normalized spacial score (nSPS) is 13.3. The van der Waals surface area contributed by atoms with Crippen LogP contribution in [0.15, 0.2) is 10.9 Å². The first-order valence-corrected chi connectivity index (χ1v) is 9.13. The van der Waals surface area contributed by atoms with Gasteiger partial charge in [0.15, 0.2) is 0 Å². The smallest absolute Gasteiger partial charge is 0.314 e. The lowest BCUT2D eigenvalue weighted by Gasteiger charge is -2.15. The number of amides is 2. The lowest BCUT2D eigenvalue weighted by molar-refractivity contribution is -0.136. The van der Waals surface area contributed by atoms with Crippen LogP contribution in [0.4, 0.5) is 5.82 Å². The molecular weight excluding hydrogens is 348 g/mol. The summed E-state index contributed by atoms with van der Waals surface area (Å²) < 4.78 is 1.35. The zero-order valence-corrected chi connectivity index (χ0v) is 15.8. The maximum absolute atomic E-state index is 12.4. The van der Waals surface area contributed by atoms with E-state index in [4.69, 9.17) is 0 Å². The first kappa shape index (κ1) is 18.8. The molecule has 0 aromatic carbocycles. The van der Waals surface area contributed by atoms with Crippen LogP contribution in [0.5, 0.6) is 0 Å². The molecule has 2 aromatic heterocycles. The molecule has 0 radical (unpaired) electrons. The average Bonchev–Trinajstić information content (AvgIpc) is 2.99. The molecule has 1 aliphatic rings. The van der Waals surface area contributed by atoms with Crippen molar-refractivity contribution in [1.82, 2.24) is 25.1 Å². The molecule has 0 saturated carbocycles. The van der Waals surface area contributed by atoms with E-state index < -0.39 is 11.8 Å². The zero-order valence-electron chi connectivity index (χ0n) is 15.8. The maximum Gasteiger partial charge on any atom is 0.314 e. The summed E-state index contributed by atoms with van der Waals surface area (Å²) in [5.74, 6) is -0.778. The van der Waals surface area contributed by atoms with E-state index in [0.29, 0.717) is 17.8 Å². The Kier molecular flexibility index (Phi) is 5.38. The lowest BCUT2D eigenvalue weighted by atomic mass is 9.97. The van der Waals surface area contributed by atoms with Crippen molar-refractivity contribution in [3.8, 4) is 5.95 Å². The predicted octanol–water partition coefficient (Wildman–Crippen LogP) is 0.854. The van der Waals surface area contributed by atoms with E-state index >= 15 is 0 Å². The Morgan fingerprint density at radius 3 is 2.74 bits per heavy atom. The Hall–Kier alpha value is -2.97. The molecule has 9 heteroatoms. The summed E-state index contributed by atoms with van der Waals surface area (Å²) in [6.45, 7) is 6.04. The number of hydrogen-bond acceptors (Lipinski definition) is 5. The van der Waals surface area contributed by atoms with Crippen molar-refractivity contribution >= 4 is 17.6 Å². The molecule has 0 aliphatic heterocycles. The third kappa shape index (κ3) is 4.24. The maximum atomic E-state index is 12.4. The molecule has 1 aliphatic carbocycles. The summed E-state index contributed by atoms with van der Waals surface area (Å²) in [7, 11) is 0. The highest BCUT2D eigenvalue weighted by atomic mass is 16.2. The number of carbonyl (C=O) groups is 2. The SMILES string of the molecule is Cc1cc(NC(=O)C(=O)NCC(C)C)n(-c2nc3c(c(=O)[nH]2)CCCC3)n1. The number of aryl methyl sites for hydroxylation is 2. The van der Waals surface area contributed by atoms with E-state index in [1.54, 1.807) is 13.0 Å². The number of anilines is 1. The number of aromatic nitrogens is 4. The largest absolute Gasteiger partial charge is 0.348 e. The van der Waals surface area contributed by atoms with Gasteiger partial charge in [0.25, 0.3) is 5.56 Å². The van der Waals surface area contributed by atoms with Crippen molar-refractivity contribution in [2.24, 2.45) is 5.92 Å². The number of hydrogen-bond donors (Lipinski definition) is 3. The van der Waals surface area contributed by atoms with E-state index in [2.05, 4.69) is 25.7 Å². The summed E-state index contributed by atoms with van der Waals surface area (Å²) in [4.78, 5) is 43.7. The van der Waals surface area contributed by atoms with Crippen molar-refractivity contribution in [3.63, 3.8) is 0 Å². The van der Waals surface area contributed by atoms with Gasteiger partial charge in [0.05, 0.1) is 11.4 Å². The Morgan fingerprint density at radius 2 is 2.00 bits per heavy atom. The second kappa shape index (κ2) is 7.73. The van der Waals surface area contributed by atoms with Crippen molar-refractivity contribution in [2.75, 3.05) is 11.9 Å². The number of aromatic amines is 1. The number of fused-ring (bicyclic) bond motifs is 1. The Bertz CT molecular complexity index is 928. The minimum absolute atomic E-state index is 0.185. The van der Waals surface area contributed by atoms with E-state index in [1.165, 1.54) is 4.68 Å². The second-order valence-corrected chi connectivity index (χ2v) is 7.16. The van der Waals surface area contributed by atoms with Gasteiger partial charge in [-0.15, -0.1) is 0 Å².